The number of esters is 1. The van der Waals surface area contributed by atoms with Crippen LogP contribution in [0.1, 0.15) is 23.0 Å². The number of anilines is 1. The first kappa shape index (κ1) is 16.1. The highest BCUT2D eigenvalue weighted by atomic mass is 32.2. The summed E-state index contributed by atoms with van der Waals surface area (Å²) in [5.41, 5.74) is 3.06. The number of nitrogens with zero attached hydrogens (tertiary/aromatic N) is 4. The average molecular weight is 336 g/mol. The first-order valence-corrected chi connectivity index (χ1v) is 8.82. The third kappa shape index (κ3) is 3.00. The van der Waals surface area contributed by atoms with Gasteiger partial charge in [0, 0.05) is 18.7 Å². The fraction of sp³-hybridized carbons (Fsp3) is 0.533. The number of fused-ring (bicyclic) bond motifs is 1. The Hall–Kier alpha value is -1.80. The van der Waals surface area contributed by atoms with E-state index in [2.05, 4.69) is 15.0 Å². The van der Waals surface area contributed by atoms with E-state index in [1.54, 1.807) is 29.4 Å². The van der Waals surface area contributed by atoms with Crippen molar-refractivity contribution in [1.82, 2.24) is 14.6 Å². The molecule has 0 amide bonds. The zero-order chi connectivity index (χ0) is 16.4. The van der Waals surface area contributed by atoms with E-state index >= 15 is 0 Å². The molecule has 1 aliphatic rings. The van der Waals surface area contributed by atoms with Crippen molar-refractivity contribution in [1.29, 1.82) is 0 Å². The highest BCUT2D eigenvalue weighted by molar-refractivity contribution is 7.98. The zero-order valence-corrected chi connectivity index (χ0v) is 14.4. The van der Waals surface area contributed by atoms with Gasteiger partial charge >= 0.3 is 5.97 Å². The SMILES string of the molecule is CCOC(=O)c1cn2nc(SC)c(C)c(N3CCOCC3)c2n1. The van der Waals surface area contributed by atoms with Gasteiger partial charge in [0.05, 0.1) is 31.7 Å². The van der Waals surface area contributed by atoms with Gasteiger partial charge in [0.25, 0.3) is 0 Å². The Balaban J connectivity index is 2.14. The van der Waals surface area contributed by atoms with Gasteiger partial charge in [-0.1, -0.05) is 0 Å². The first-order chi connectivity index (χ1) is 11.2. The molecule has 0 N–H and O–H groups in total. The Morgan fingerprint density at radius 1 is 1.43 bits per heavy atom. The van der Waals surface area contributed by atoms with Crippen LogP contribution >= 0.6 is 11.8 Å². The molecule has 0 atom stereocenters. The molecular formula is C15H20N4O3S. The lowest BCUT2D eigenvalue weighted by Crippen LogP contribution is -2.37. The van der Waals surface area contributed by atoms with Crippen LogP contribution in [0.3, 0.4) is 0 Å². The van der Waals surface area contributed by atoms with Crippen LogP contribution in [0.5, 0.6) is 0 Å². The van der Waals surface area contributed by atoms with Gasteiger partial charge in [0.1, 0.15) is 5.03 Å². The fourth-order valence-corrected chi connectivity index (χ4v) is 3.29. The molecule has 2 aromatic rings. The summed E-state index contributed by atoms with van der Waals surface area (Å²) < 4.78 is 12.2. The van der Waals surface area contributed by atoms with Crippen LogP contribution < -0.4 is 4.90 Å². The number of imidazole rings is 1. The van der Waals surface area contributed by atoms with E-state index in [0.717, 1.165) is 29.4 Å². The lowest BCUT2D eigenvalue weighted by Gasteiger charge is -2.30. The molecule has 8 heteroatoms. The fourth-order valence-electron chi connectivity index (χ4n) is 2.71. The molecule has 1 fully saturated rings. The minimum absolute atomic E-state index is 0.284. The predicted molar refractivity (Wildman–Crippen MR) is 88.5 cm³/mol. The number of aromatic nitrogens is 3. The molecule has 124 valence electrons. The van der Waals surface area contributed by atoms with Crippen molar-refractivity contribution < 1.29 is 14.3 Å². The summed E-state index contributed by atoms with van der Waals surface area (Å²) in [6, 6.07) is 0. The molecule has 7 nitrogen and oxygen atoms in total. The van der Waals surface area contributed by atoms with Crippen molar-refractivity contribution in [2.75, 3.05) is 44.1 Å². The quantitative estimate of drug-likeness (QED) is 0.622. The second kappa shape index (κ2) is 6.76. The van der Waals surface area contributed by atoms with Crippen LogP contribution in [0, 0.1) is 6.92 Å². The summed E-state index contributed by atoms with van der Waals surface area (Å²) in [7, 11) is 0. The Bertz CT molecular complexity index is 725. The van der Waals surface area contributed by atoms with Gasteiger partial charge in [-0.3, -0.25) is 0 Å². The van der Waals surface area contributed by atoms with E-state index in [-0.39, 0.29) is 5.69 Å². The van der Waals surface area contributed by atoms with Gasteiger partial charge in [0.15, 0.2) is 11.3 Å². The molecule has 2 aromatic heterocycles. The number of ether oxygens (including phenoxy) is 2. The minimum atomic E-state index is -0.422. The summed E-state index contributed by atoms with van der Waals surface area (Å²) in [5.74, 6) is -0.422. The van der Waals surface area contributed by atoms with Crippen molar-refractivity contribution in [2.45, 2.75) is 18.9 Å². The van der Waals surface area contributed by atoms with Crippen molar-refractivity contribution in [3.63, 3.8) is 0 Å². The molecule has 23 heavy (non-hydrogen) atoms. The molecule has 0 unspecified atom stereocenters. The van der Waals surface area contributed by atoms with E-state index in [1.807, 2.05) is 13.2 Å². The second-order valence-corrected chi connectivity index (χ2v) is 5.99. The second-order valence-electron chi connectivity index (χ2n) is 5.20. The maximum atomic E-state index is 12.0. The minimum Gasteiger partial charge on any atom is -0.461 e. The highest BCUT2D eigenvalue weighted by Gasteiger charge is 2.23. The smallest absolute Gasteiger partial charge is 0.358 e. The summed E-state index contributed by atoms with van der Waals surface area (Å²) in [4.78, 5) is 18.7. The van der Waals surface area contributed by atoms with Gasteiger partial charge in [-0.25, -0.2) is 14.3 Å². The monoisotopic (exact) mass is 336 g/mol. The summed E-state index contributed by atoms with van der Waals surface area (Å²) >= 11 is 1.58. The van der Waals surface area contributed by atoms with Gasteiger partial charge < -0.3 is 14.4 Å². The number of carbonyl (C=O) groups excluding carboxylic acids is 1. The molecule has 3 rings (SSSR count). The van der Waals surface area contributed by atoms with E-state index in [0.29, 0.717) is 25.5 Å². The molecule has 1 saturated heterocycles. The zero-order valence-electron chi connectivity index (χ0n) is 13.5. The maximum absolute atomic E-state index is 12.0. The molecule has 1 aliphatic heterocycles. The Morgan fingerprint density at radius 2 is 2.17 bits per heavy atom. The molecule has 3 heterocycles. The van der Waals surface area contributed by atoms with Gasteiger partial charge in [-0.15, -0.1) is 11.8 Å². The number of thioether (sulfide) groups is 1. The van der Waals surface area contributed by atoms with E-state index in [4.69, 9.17) is 9.47 Å². The van der Waals surface area contributed by atoms with Gasteiger partial charge in [0.2, 0.25) is 0 Å². The molecule has 0 aromatic carbocycles. The third-order valence-electron chi connectivity index (χ3n) is 3.78. The number of morpholine rings is 1. The number of rotatable bonds is 4. The van der Waals surface area contributed by atoms with Gasteiger partial charge in [-0.05, 0) is 20.1 Å². The number of hydrogen-bond donors (Lipinski definition) is 0. The van der Waals surface area contributed by atoms with E-state index < -0.39 is 5.97 Å². The Morgan fingerprint density at radius 3 is 2.83 bits per heavy atom. The molecule has 0 bridgehead atoms. The molecule has 0 saturated carbocycles. The topological polar surface area (TPSA) is 69.0 Å². The molecule has 0 radical (unpaired) electrons. The molecule has 0 aliphatic carbocycles. The lowest BCUT2D eigenvalue weighted by molar-refractivity contribution is 0.0520. The van der Waals surface area contributed by atoms with Crippen molar-refractivity contribution in [3.8, 4) is 0 Å². The standard InChI is InChI=1S/C15H20N4O3S/c1-4-22-15(20)11-9-19-13(16-11)12(10(2)14(17-19)23-3)18-5-7-21-8-6-18/h9H,4-8H2,1-3H3. The Kier molecular flexibility index (Phi) is 4.72. The van der Waals surface area contributed by atoms with Gasteiger partial charge in [-0.2, -0.15) is 5.10 Å². The summed E-state index contributed by atoms with van der Waals surface area (Å²) in [6.07, 6.45) is 3.63. The molecule has 0 spiro atoms. The average Bonchev–Trinajstić information content (AvgIpc) is 2.99. The van der Waals surface area contributed by atoms with Crippen LogP contribution in [0.4, 0.5) is 5.69 Å². The Labute approximate surface area is 139 Å². The highest BCUT2D eigenvalue weighted by Crippen LogP contribution is 2.31. The van der Waals surface area contributed by atoms with Crippen LogP contribution in [-0.2, 0) is 9.47 Å². The summed E-state index contributed by atoms with van der Waals surface area (Å²) in [6.45, 7) is 7.13. The van der Waals surface area contributed by atoms with E-state index in [1.165, 1.54) is 0 Å². The molecular weight excluding hydrogens is 316 g/mol. The first-order valence-electron chi connectivity index (χ1n) is 7.59. The largest absolute Gasteiger partial charge is 0.461 e. The van der Waals surface area contributed by atoms with Crippen LogP contribution in [0.25, 0.3) is 5.65 Å². The van der Waals surface area contributed by atoms with Crippen molar-refractivity contribution in [3.05, 3.63) is 17.5 Å². The predicted octanol–water partition coefficient (Wildman–Crippen LogP) is 1.77. The van der Waals surface area contributed by atoms with E-state index in [9.17, 15) is 4.79 Å². The number of hydrogen-bond acceptors (Lipinski definition) is 7. The third-order valence-corrected chi connectivity index (χ3v) is 4.55. The maximum Gasteiger partial charge on any atom is 0.358 e. The van der Waals surface area contributed by atoms with Crippen molar-refractivity contribution >= 4 is 29.1 Å². The summed E-state index contributed by atoms with van der Waals surface area (Å²) in [5, 5.41) is 5.49. The van der Waals surface area contributed by atoms with Crippen LogP contribution in [-0.4, -0.2) is 59.7 Å². The van der Waals surface area contributed by atoms with Crippen LogP contribution in [0.2, 0.25) is 0 Å². The van der Waals surface area contributed by atoms with Crippen molar-refractivity contribution in [2.24, 2.45) is 0 Å². The normalized spacial score (nSPS) is 15.2. The lowest BCUT2D eigenvalue weighted by atomic mass is 10.2. The number of carbonyl (C=O) groups is 1. The van der Waals surface area contributed by atoms with Crippen LogP contribution in [0.15, 0.2) is 11.2 Å².